The molecular formula is C14H25N3O4. The van der Waals surface area contributed by atoms with Gasteiger partial charge >= 0.3 is 12.0 Å². The van der Waals surface area contributed by atoms with Crippen LogP contribution in [0.2, 0.25) is 0 Å². The van der Waals surface area contributed by atoms with E-state index in [0.717, 1.165) is 26.0 Å². The molecule has 2 fully saturated rings. The summed E-state index contributed by atoms with van der Waals surface area (Å²) in [6.45, 7) is 6.11. The van der Waals surface area contributed by atoms with E-state index < -0.39 is 5.97 Å². The molecule has 0 bridgehead atoms. The zero-order valence-corrected chi connectivity index (χ0v) is 12.6. The van der Waals surface area contributed by atoms with Crippen LogP contribution in [0.5, 0.6) is 0 Å². The maximum atomic E-state index is 12.2. The van der Waals surface area contributed by atoms with Crippen molar-refractivity contribution in [2.45, 2.75) is 25.9 Å². The standard InChI is InChI=1S/C14H25N3O4/c1-11-12(3-8-21-11)9-15-14(20)17-5-2-4-16(6-7-17)10-13(18)19/h11-12H,2-10H2,1H3,(H,15,20)(H,18,19). The molecule has 0 saturated carbocycles. The summed E-state index contributed by atoms with van der Waals surface area (Å²) in [5, 5.41) is 11.8. The van der Waals surface area contributed by atoms with Crippen LogP contribution in [-0.2, 0) is 9.53 Å². The highest BCUT2D eigenvalue weighted by Gasteiger charge is 2.26. The van der Waals surface area contributed by atoms with Crippen molar-refractivity contribution < 1.29 is 19.4 Å². The smallest absolute Gasteiger partial charge is 0.317 e. The van der Waals surface area contributed by atoms with Crippen LogP contribution < -0.4 is 5.32 Å². The second-order valence-corrected chi connectivity index (χ2v) is 5.82. The van der Waals surface area contributed by atoms with Crippen molar-refractivity contribution in [2.75, 3.05) is 45.9 Å². The number of carboxylic acids is 1. The maximum absolute atomic E-state index is 12.2. The van der Waals surface area contributed by atoms with Gasteiger partial charge in [-0.15, -0.1) is 0 Å². The Morgan fingerprint density at radius 1 is 1.29 bits per heavy atom. The second kappa shape index (κ2) is 7.61. The average molecular weight is 299 g/mol. The fraction of sp³-hybridized carbons (Fsp3) is 0.857. The van der Waals surface area contributed by atoms with Gasteiger partial charge in [-0.25, -0.2) is 4.79 Å². The van der Waals surface area contributed by atoms with E-state index in [1.54, 1.807) is 4.90 Å². The molecule has 120 valence electrons. The number of carbonyl (C=O) groups excluding carboxylic acids is 1. The molecule has 2 amide bonds. The summed E-state index contributed by atoms with van der Waals surface area (Å²) in [5.41, 5.74) is 0. The van der Waals surface area contributed by atoms with Gasteiger partial charge in [-0.05, 0) is 19.8 Å². The molecule has 0 spiro atoms. The Bertz CT molecular complexity index is 377. The Morgan fingerprint density at radius 2 is 2.10 bits per heavy atom. The number of rotatable bonds is 4. The van der Waals surface area contributed by atoms with Crippen molar-refractivity contribution in [2.24, 2.45) is 5.92 Å². The van der Waals surface area contributed by atoms with E-state index in [1.807, 2.05) is 11.8 Å². The van der Waals surface area contributed by atoms with E-state index in [9.17, 15) is 9.59 Å². The van der Waals surface area contributed by atoms with Crippen LogP contribution in [0.15, 0.2) is 0 Å². The first kappa shape index (κ1) is 16.0. The monoisotopic (exact) mass is 299 g/mol. The summed E-state index contributed by atoms with van der Waals surface area (Å²) in [5.74, 6) is -0.424. The van der Waals surface area contributed by atoms with Crippen LogP contribution >= 0.6 is 0 Å². The van der Waals surface area contributed by atoms with E-state index >= 15 is 0 Å². The van der Waals surface area contributed by atoms with Crippen LogP contribution in [-0.4, -0.2) is 78.9 Å². The number of amides is 2. The van der Waals surface area contributed by atoms with Gasteiger partial charge in [0.05, 0.1) is 12.6 Å². The Morgan fingerprint density at radius 3 is 2.76 bits per heavy atom. The third kappa shape index (κ3) is 4.86. The predicted molar refractivity (Wildman–Crippen MR) is 77.2 cm³/mol. The molecule has 21 heavy (non-hydrogen) atoms. The molecule has 0 aromatic carbocycles. The zero-order chi connectivity index (χ0) is 15.2. The number of hydrogen-bond acceptors (Lipinski definition) is 4. The van der Waals surface area contributed by atoms with Gasteiger partial charge in [0, 0.05) is 45.2 Å². The highest BCUT2D eigenvalue weighted by molar-refractivity contribution is 5.74. The van der Waals surface area contributed by atoms with Gasteiger partial charge < -0.3 is 20.1 Å². The fourth-order valence-electron chi connectivity index (χ4n) is 2.90. The third-order valence-corrected chi connectivity index (χ3v) is 4.28. The van der Waals surface area contributed by atoms with Gasteiger partial charge in [0.25, 0.3) is 0 Å². The lowest BCUT2D eigenvalue weighted by molar-refractivity contribution is -0.138. The number of ether oxygens (including phenoxy) is 1. The fourth-order valence-corrected chi connectivity index (χ4v) is 2.90. The van der Waals surface area contributed by atoms with E-state index in [4.69, 9.17) is 9.84 Å². The van der Waals surface area contributed by atoms with E-state index in [2.05, 4.69) is 5.32 Å². The summed E-state index contributed by atoms with van der Waals surface area (Å²) < 4.78 is 5.49. The van der Waals surface area contributed by atoms with Crippen molar-refractivity contribution in [1.82, 2.24) is 15.1 Å². The van der Waals surface area contributed by atoms with Gasteiger partial charge in [0.15, 0.2) is 0 Å². The quantitative estimate of drug-likeness (QED) is 0.775. The average Bonchev–Trinajstić information content (AvgIpc) is 2.70. The topological polar surface area (TPSA) is 82.1 Å². The number of carbonyl (C=O) groups is 2. The van der Waals surface area contributed by atoms with Gasteiger partial charge in [0.2, 0.25) is 0 Å². The third-order valence-electron chi connectivity index (χ3n) is 4.28. The van der Waals surface area contributed by atoms with Crippen LogP contribution in [0.1, 0.15) is 19.8 Å². The number of nitrogens with zero attached hydrogens (tertiary/aromatic N) is 2. The van der Waals surface area contributed by atoms with Gasteiger partial charge in [-0.3, -0.25) is 9.69 Å². The molecule has 2 heterocycles. The van der Waals surface area contributed by atoms with Gasteiger partial charge in [0.1, 0.15) is 0 Å². The Hall–Kier alpha value is -1.34. The molecule has 0 aromatic rings. The lowest BCUT2D eigenvalue weighted by Crippen LogP contribution is -2.44. The highest BCUT2D eigenvalue weighted by Crippen LogP contribution is 2.19. The maximum Gasteiger partial charge on any atom is 0.317 e. The SMILES string of the molecule is CC1OCCC1CNC(=O)N1CCCN(CC(=O)O)CC1. The van der Waals surface area contributed by atoms with Crippen LogP contribution in [0.3, 0.4) is 0 Å². The number of nitrogens with one attached hydrogen (secondary N) is 1. The number of hydrogen-bond donors (Lipinski definition) is 2. The van der Waals surface area contributed by atoms with Crippen molar-refractivity contribution in [3.05, 3.63) is 0 Å². The van der Waals surface area contributed by atoms with Crippen molar-refractivity contribution in [3.63, 3.8) is 0 Å². The van der Waals surface area contributed by atoms with Crippen molar-refractivity contribution >= 4 is 12.0 Å². The number of carboxylic acid groups (broad SMARTS) is 1. The van der Waals surface area contributed by atoms with Crippen molar-refractivity contribution in [3.8, 4) is 0 Å². The first-order valence-corrected chi connectivity index (χ1v) is 7.65. The Kier molecular flexibility index (Phi) is 5.81. The largest absolute Gasteiger partial charge is 0.480 e. The first-order chi connectivity index (χ1) is 10.1. The normalized spacial score (nSPS) is 27.4. The van der Waals surface area contributed by atoms with E-state index in [-0.39, 0.29) is 18.7 Å². The molecule has 7 nitrogen and oxygen atoms in total. The van der Waals surface area contributed by atoms with E-state index in [0.29, 0.717) is 32.1 Å². The molecule has 0 radical (unpaired) electrons. The lowest BCUT2D eigenvalue weighted by Gasteiger charge is -2.23. The summed E-state index contributed by atoms with van der Waals surface area (Å²) in [4.78, 5) is 26.6. The lowest BCUT2D eigenvalue weighted by atomic mass is 10.0. The molecule has 2 aliphatic heterocycles. The minimum Gasteiger partial charge on any atom is -0.480 e. The summed E-state index contributed by atoms with van der Waals surface area (Å²) in [6.07, 6.45) is 2.01. The van der Waals surface area contributed by atoms with Crippen LogP contribution in [0, 0.1) is 5.92 Å². The highest BCUT2D eigenvalue weighted by atomic mass is 16.5. The molecular weight excluding hydrogens is 274 g/mol. The molecule has 0 aliphatic carbocycles. The molecule has 0 aromatic heterocycles. The minimum atomic E-state index is -0.817. The molecule has 2 N–H and O–H groups in total. The Labute approximate surface area is 125 Å². The minimum absolute atomic E-state index is 0.0480. The van der Waals surface area contributed by atoms with Crippen LogP contribution in [0.4, 0.5) is 4.79 Å². The number of aliphatic carboxylic acids is 1. The van der Waals surface area contributed by atoms with Gasteiger partial charge in [-0.2, -0.15) is 0 Å². The van der Waals surface area contributed by atoms with Crippen LogP contribution in [0.25, 0.3) is 0 Å². The number of urea groups is 1. The molecule has 2 saturated heterocycles. The molecule has 2 atom stereocenters. The Balaban J connectivity index is 1.73. The van der Waals surface area contributed by atoms with Crippen molar-refractivity contribution in [1.29, 1.82) is 0 Å². The van der Waals surface area contributed by atoms with Gasteiger partial charge in [-0.1, -0.05) is 0 Å². The second-order valence-electron chi connectivity index (χ2n) is 5.82. The summed E-state index contributed by atoms with van der Waals surface area (Å²) >= 11 is 0. The molecule has 2 unspecified atom stereocenters. The molecule has 2 aliphatic rings. The summed E-state index contributed by atoms with van der Waals surface area (Å²) in [7, 11) is 0. The zero-order valence-electron chi connectivity index (χ0n) is 12.6. The first-order valence-electron chi connectivity index (χ1n) is 7.65. The summed E-state index contributed by atoms with van der Waals surface area (Å²) in [6, 6.07) is -0.0497. The predicted octanol–water partition coefficient (Wildman–Crippen LogP) is 0.213. The van der Waals surface area contributed by atoms with E-state index in [1.165, 1.54) is 0 Å². The molecule has 7 heteroatoms. The molecule has 2 rings (SSSR count).